The zero-order valence-electron chi connectivity index (χ0n) is 13.3. The van der Waals surface area contributed by atoms with E-state index in [0.29, 0.717) is 31.2 Å². The Balaban J connectivity index is 1.96. The summed E-state index contributed by atoms with van der Waals surface area (Å²) in [4.78, 5) is 2.36. The first-order valence-corrected chi connectivity index (χ1v) is 8.41. The Morgan fingerprint density at radius 1 is 1.10 bits per heavy atom. The number of nitrogens with one attached hydrogen (secondary N) is 1. The number of hydrogen-bond donors (Lipinski definition) is 1. The van der Waals surface area contributed by atoms with Gasteiger partial charge in [-0.25, -0.2) is 0 Å². The van der Waals surface area contributed by atoms with Crippen LogP contribution >= 0.6 is 0 Å². The fraction of sp³-hybridized carbons (Fsp3) is 1.00. The molecule has 1 saturated carbocycles. The zero-order valence-corrected chi connectivity index (χ0v) is 13.3. The minimum absolute atomic E-state index is 0.111. The van der Waals surface area contributed by atoms with Crippen molar-refractivity contribution in [3.63, 3.8) is 0 Å². The van der Waals surface area contributed by atoms with Crippen LogP contribution in [0, 0.1) is 11.8 Å². The molecule has 1 saturated heterocycles. The molecule has 1 N–H and O–H groups in total. The largest absolute Gasteiger partial charge is 0.391 e. The summed E-state index contributed by atoms with van der Waals surface area (Å²) in [5.41, 5.74) is 0. The number of rotatable bonds is 4. The van der Waals surface area contributed by atoms with Crippen LogP contribution in [0.25, 0.3) is 0 Å². The van der Waals surface area contributed by atoms with E-state index in [1.165, 1.54) is 0 Å². The van der Waals surface area contributed by atoms with Gasteiger partial charge in [-0.2, -0.15) is 13.2 Å². The van der Waals surface area contributed by atoms with Gasteiger partial charge < -0.3 is 5.32 Å². The monoisotopic (exact) mass is 306 g/mol. The van der Waals surface area contributed by atoms with Gasteiger partial charge in [-0.05, 0) is 65.0 Å². The standard InChI is InChI=1S/C16H29F3N2/c1-12(2)21(11-13-6-8-20-9-7-13)15-5-3-4-14(10-15)16(17,18)19/h12-15,20H,3-11H2,1-2H3. The lowest BCUT2D eigenvalue weighted by molar-refractivity contribution is -0.187. The van der Waals surface area contributed by atoms with E-state index in [4.69, 9.17) is 0 Å². The molecule has 5 heteroatoms. The SMILES string of the molecule is CC(C)N(CC1CCNCC1)C1CCCC(C(F)(F)F)C1. The summed E-state index contributed by atoms with van der Waals surface area (Å²) in [6.45, 7) is 7.31. The van der Waals surface area contributed by atoms with Gasteiger partial charge in [0.25, 0.3) is 0 Å². The van der Waals surface area contributed by atoms with Crippen molar-refractivity contribution < 1.29 is 13.2 Å². The summed E-state index contributed by atoms with van der Waals surface area (Å²) in [6, 6.07) is 0.442. The fourth-order valence-electron chi connectivity index (χ4n) is 3.91. The molecular formula is C16H29F3N2. The second-order valence-corrected chi connectivity index (χ2v) is 7.04. The topological polar surface area (TPSA) is 15.3 Å². The van der Waals surface area contributed by atoms with Crippen LogP contribution in [0.2, 0.25) is 0 Å². The van der Waals surface area contributed by atoms with Crippen molar-refractivity contribution in [3.8, 4) is 0 Å². The summed E-state index contributed by atoms with van der Waals surface area (Å²) in [7, 11) is 0. The Bertz CT molecular complexity index is 311. The van der Waals surface area contributed by atoms with Gasteiger partial charge in [0.15, 0.2) is 0 Å². The molecule has 124 valence electrons. The highest BCUT2D eigenvalue weighted by Gasteiger charge is 2.43. The van der Waals surface area contributed by atoms with Crippen molar-refractivity contribution in [3.05, 3.63) is 0 Å². The minimum Gasteiger partial charge on any atom is -0.317 e. The third kappa shape index (κ3) is 4.85. The summed E-state index contributed by atoms with van der Waals surface area (Å²) >= 11 is 0. The van der Waals surface area contributed by atoms with Gasteiger partial charge in [0.05, 0.1) is 5.92 Å². The molecule has 0 spiro atoms. The van der Waals surface area contributed by atoms with E-state index in [9.17, 15) is 13.2 Å². The van der Waals surface area contributed by atoms with E-state index in [2.05, 4.69) is 24.1 Å². The highest BCUT2D eigenvalue weighted by molar-refractivity contribution is 4.86. The van der Waals surface area contributed by atoms with E-state index in [1.54, 1.807) is 0 Å². The molecule has 0 aromatic carbocycles. The smallest absolute Gasteiger partial charge is 0.317 e. The molecule has 1 aliphatic heterocycles. The molecule has 2 aliphatic rings. The molecule has 0 radical (unpaired) electrons. The van der Waals surface area contributed by atoms with Gasteiger partial charge in [-0.3, -0.25) is 4.90 Å². The number of alkyl halides is 3. The lowest BCUT2D eigenvalue weighted by Gasteiger charge is -2.42. The highest BCUT2D eigenvalue weighted by atomic mass is 19.4. The maximum atomic E-state index is 13.0. The van der Waals surface area contributed by atoms with Crippen molar-refractivity contribution in [2.24, 2.45) is 11.8 Å². The van der Waals surface area contributed by atoms with Gasteiger partial charge in [-0.1, -0.05) is 6.42 Å². The van der Waals surface area contributed by atoms with E-state index < -0.39 is 12.1 Å². The van der Waals surface area contributed by atoms with E-state index in [-0.39, 0.29) is 6.04 Å². The number of hydrogen-bond acceptors (Lipinski definition) is 2. The van der Waals surface area contributed by atoms with E-state index in [1.807, 2.05) is 0 Å². The highest BCUT2D eigenvalue weighted by Crippen LogP contribution is 2.39. The van der Waals surface area contributed by atoms with Gasteiger partial charge in [-0.15, -0.1) is 0 Å². The van der Waals surface area contributed by atoms with Crippen LogP contribution in [-0.4, -0.2) is 42.8 Å². The van der Waals surface area contributed by atoms with Crippen molar-refractivity contribution in [2.75, 3.05) is 19.6 Å². The Morgan fingerprint density at radius 3 is 2.33 bits per heavy atom. The number of piperidine rings is 1. The zero-order chi connectivity index (χ0) is 15.5. The molecule has 0 aromatic heterocycles. The molecule has 2 fully saturated rings. The van der Waals surface area contributed by atoms with Gasteiger partial charge in [0.2, 0.25) is 0 Å². The van der Waals surface area contributed by atoms with E-state index >= 15 is 0 Å². The summed E-state index contributed by atoms with van der Waals surface area (Å²) in [6.07, 6.45) is 0.541. The first kappa shape index (κ1) is 17.1. The van der Waals surface area contributed by atoms with Crippen LogP contribution in [0.15, 0.2) is 0 Å². The predicted octanol–water partition coefficient (Wildman–Crippen LogP) is 3.82. The summed E-state index contributed by atoms with van der Waals surface area (Å²) in [5, 5.41) is 3.36. The van der Waals surface area contributed by atoms with Crippen LogP contribution in [0.5, 0.6) is 0 Å². The second-order valence-electron chi connectivity index (χ2n) is 7.04. The van der Waals surface area contributed by atoms with Crippen molar-refractivity contribution >= 4 is 0 Å². The second kappa shape index (κ2) is 7.32. The molecule has 21 heavy (non-hydrogen) atoms. The summed E-state index contributed by atoms with van der Waals surface area (Å²) < 4.78 is 39.0. The molecule has 0 bridgehead atoms. The molecule has 0 amide bonds. The van der Waals surface area contributed by atoms with Crippen molar-refractivity contribution in [1.29, 1.82) is 0 Å². The fourth-order valence-corrected chi connectivity index (χ4v) is 3.91. The molecular weight excluding hydrogens is 277 g/mol. The van der Waals surface area contributed by atoms with E-state index in [0.717, 1.165) is 38.9 Å². The van der Waals surface area contributed by atoms with Crippen LogP contribution in [-0.2, 0) is 0 Å². The van der Waals surface area contributed by atoms with Crippen molar-refractivity contribution in [2.45, 2.75) is 70.6 Å². The van der Waals surface area contributed by atoms with Crippen molar-refractivity contribution in [1.82, 2.24) is 10.2 Å². The number of halogens is 3. The third-order valence-electron chi connectivity index (χ3n) is 5.17. The van der Waals surface area contributed by atoms with Crippen LogP contribution in [0.1, 0.15) is 52.4 Å². The summed E-state index contributed by atoms with van der Waals surface area (Å²) in [5.74, 6) is -0.453. The normalized spacial score (nSPS) is 29.3. The molecule has 2 nitrogen and oxygen atoms in total. The predicted molar refractivity (Wildman–Crippen MR) is 79.2 cm³/mol. The minimum atomic E-state index is -4.02. The first-order valence-electron chi connectivity index (χ1n) is 8.41. The quantitative estimate of drug-likeness (QED) is 0.849. The van der Waals surface area contributed by atoms with Crippen LogP contribution in [0.4, 0.5) is 13.2 Å². The van der Waals surface area contributed by atoms with Crippen LogP contribution < -0.4 is 5.32 Å². The third-order valence-corrected chi connectivity index (χ3v) is 5.17. The molecule has 2 atom stereocenters. The maximum absolute atomic E-state index is 13.0. The molecule has 0 aromatic rings. The Kier molecular flexibility index (Phi) is 5.95. The van der Waals surface area contributed by atoms with Gasteiger partial charge in [0.1, 0.15) is 0 Å². The average Bonchev–Trinajstić information content (AvgIpc) is 2.45. The number of nitrogens with zero attached hydrogens (tertiary/aromatic N) is 1. The lowest BCUT2D eigenvalue weighted by atomic mass is 9.83. The molecule has 1 heterocycles. The Hall–Kier alpha value is -0.290. The average molecular weight is 306 g/mol. The first-order chi connectivity index (χ1) is 9.88. The molecule has 2 unspecified atom stereocenters. The Labute approximate surface area is 126 Å². The van der Waals surface area contributed by atoms with Crippen LogP contribution in [0.3, 0.4) is 0 Å². The molecule has 1 aliphatic carbocycles. The van der Waals surface area contributed by atoms with Gasteiger partial charge >= 0.3 is 6.18 Å². The Morgan fingerprint density at radius 2 is 1.76 bits per heavy atom. The lowest BCUT2D eigenvalue weighted by Crippen LogP contribution is -2.48. The molecule has 2 rings (SSSR count). The van der Waals surface area contributed by atoms with Gasteiger partial charge in [0, 0.05) is 18.6 Å². The maximum Gasteiger partial charge on any atom is 0.391 e.